The number of rotatable bonds is 6. The molecule has 1 saturated heterocycles. The first-order valence-corrected chi connectivity index (χ1v) is 10.5. The third kappa shape index (κ3) is 5.24. The van der Waals surface area contributed by atoms with E-state index < -0.39 is 11.7 Å². The lowest BCUT2D eigenvalue weighted by atomic mass is 10.1. The topological polar surface area (TPSA) is 67.3 Å². The lowest BCUT2D eigenvalue weighted by molar-refractivity contribution is -0.118. The summed E-state index contributed by atoms with van der Waals surface area (Å²) < 4.78 is 18.6. The lowest BCUT2D eigenvalue weighted by Gasteiger charge is -2.15. The fourth-order valence-corrected chi connectivity index (χ4v) is 3.92. The lowest BCUT2D eigenvalue weighted by Crippen LogP contribution is -2.20. The summed E-state index contributed by atoms with van der Waals surface area (Å²) in [6, 6.07) is 13.3. The van der Waals surface area contributed by atoms with Gasteiger partial charge in [-0.05, 0) is 49.2 Å². The van der Waals surface area contributed by atoms with Crippen LogP contribution in [0, 0.1) is 5.82 Å². The van der Waals surface area contributed by atoms with Crippen LogP contribution in [0.25, 0.3) is 11.3 Å². The Morgan fingerprint density at radius 1 is 1.06 bits per heavy atom. The molecule has 0 spiro atoms. The minimum atomic E-state index is -0.583. The quantitative estimate of drug-likeness (QED) is 0.546. The van der Waals surface area contributed by atoms with Gasteiger partial charge in [-0.2, -0.15) is 0 Å². The standard InChI is InChI=1S/C22H19Cl2FN4O2/c23-17-11-15(25)12-18(24)22(17)31-13-21(30)26-16-5-3-4-14(10-16)19-6-7-20(28-27-19)29-8-1-2-9-29/h3-7,10-12H,1-2,8-9,13H2,(H,26,30). The largest absolute Gasteiger partial charge is 0.481 e. The van der Waals surface area contributed by atoms with Crippen molar-refractivity contribution in [1.29, 1.82) is 0 Å². The Balaban J connectivity index is 1.40. The third-order valence-electron chi connectivity index (χ3n) is 4.83. The van der Waals surface area contributed by atoms with Crippen molar-refractivity contribution in [2.75, 3.05) is 29.9 Å². The van der Waals surface area contributed by atoms with Crippen LogP contribution >= 0.6 is 23.2 Å². The van der Waals surface area contributed by atoms with E-state index in [4.69, 9.17) is 27.9 Å². The Kier molecular flexibility index (Phi) is 6.53. The Morgan fingerprint density at radius 2 is 1.81 bits per heavy atom. The number of anilines is 2. The molecule has 0 unspecified atom stereocenters. The van der Waals surface area contributed by atoms with Crippen molar-refractivity contribution in [1.82, 2.24) is 10.2 Å². The maximum atomic E-state index is 13.3. The van der Waals surface area contributed by atoms with E-state index in [1.54, 1.807) is 12.1 Å². The van der Waals surface area contributed by atoms with E-state index in [0.717, 1.165) is 36.6 Å². The first kappa shape index (κ1) is 21.3. The van der Waals surface area contributed by atoms with Gasteiger partial charge in [0, 0.05) is 24.3 Å². The van der Waals surface area contributed by atoms with Crippen molar-refractivity contribution < 1.29 is 13.9 Å². The van der Waals surface area contributed by atoms with Crippen LogP contribution in [0.5, 0.6) is 5.75 Å². The summed E-state index contributed by atoms with van der Waals surface area (Å²) in [5, 5.41) is 11.4. The van der Waals surface area contributed by atoms with E-state index in [9.17, 15) is 9.18 Å². The van der Waals surface area contributed by atoms with Crippen LogP contribution in [0.4, 0.5) is 15.9 Å². The van der Waals surface area contributed by atoms with E-state index in [-0.39, 0.29) is 22.4 Å². The normalized spacial score (nSPS) is 13.3. The highest BCUT2D eigenvalue weighted by Crippen LogP contribution is 2.33. The minimum Gasteiger partial charge on any atom is -0.481 e. The third-order valence-corrected chi connectivity index (χ3v) is 5.39. The highest BCUT2D eigenvalue weighted by atomic mass is 35.5. The predicted molar refractivity (Wildman–Crippen MR) is 119 cm³/mol. The van der Waals surface area contributed by atoms with Crippen LogP contribution in [0.2, 0.25) is 10.0 Å². The summed E-state index contributed by atoms with van der Waals surface area (Å²) in [7, 11) is 0. The number of nitrogens with one attached hydrogen (secondary N) is 1. The van der Waals surface area contributed by atoms with Crippen LogP contribution in [0.1, 0.15) is 12.8 Å². The predicted octanol–water partition coefficient (Wildman–Crippen LogP) is 5.21. The second kappa shape index (κ2) is 9.49. The number of nitrogens with zero attached hydrogens (tertiary/aromatic N) is 3. The molecule has 1 amide bonds. The number of carbonyl (C=O) groups is 1. The summed E-state index contributed by atoms with van der Waals surface area (Å²) >= 11 is 11.8. The second-order valence-corrected chi connectivity index (χ2v) is 7.90. The Morgan fingerprint density at radius 3 is 2.48 bits per heavy atom. The fraction of sp³-hybridized carbons (Fsp3) is 0.227. The number of hydrogen-bond donors (Lipinski definition) is 1. The number of carbonyl (C=O) groups excluding carboxylic acids is 1. The molecule has 0 radical (unpaired) electrons. The van der Waals surface area contributed by atoms with Gasteiger partial charge in [0.25, 0.3) is 5.91 Å². The van der Waals surface area contributed by atoms with Gasteiger partial charge in [0.2, 0.25) is 0 Å². The Hall–Kier alpha value is -2.90. The monoisotopic (exact) mass is 460 g/mol. The summed E-state index contributed by atoms with van der Waals surface area (Å²) in [6.45, 7) is 1.68. The SMILES string of the molecule is O=C(COc1c(Cl)cc(F)cc1Cl)Nc1cccc(-c2ccc(N3CCCC3)nn2)c1. The van der Waals surface area contributed by atoms with Gasteiger partial charge in [0.05, 0.1) is 15.7 Å². The molecule has 3 aromatic rings. The van der Waals surface area contributed by atoms with Crippen molar-refractivity contribution in [3.05, 3.63) is 64.4 Å². The molecule has 1 aliphatic rings. The van der Waals surface area contributed by atoms with Crippen molar-refractivity contribution in [2.45, 2.75) is 12.8 Å². The molecular formula is C22H19Cl2FN4O2. The number of benzene rings is 2. The average Bonchev–Trinajstić information content (AvgIpc) is 3.28. The zero-order valence-electron chi connectivity index (χ0n) is 16.4. The summed E-state index contributed by atoms with van der Waals surface area (Å²) in [5.41, 5.74) is 2.11. The zero-order valence-corrected chi connectivity index (χ0v) is 18.0. The van der Waals surface area contributed by atoms with Gasteiger partial charge in [-0.1, -0.05) is 35.3 Å². The Bertz CT molecular complexity index is 1070. The zero-order chi connectivity index (χ0) is 21.8. The van der Waals surface area contributed by atoms with Crippen molar-refractivity contribution >= 4 is 40.6 Å². The van der Waals surface area contributed by atoms with Crippen LogP contribution in [-0.4, -0.2) is 35.8 Å². The molecule has 0 bridgehead atoms. The molecule has 1 aromatic heterocycles. The molecule has 6 nitrogen and oxygen atoms in total. The molecule has 1 N–H and O–H groups in total. The molecule has 4 rings (SSSR count). The van der Waals surface area contributed by atoms with Crippen LogP contribution < -0.4 is 15.0 Å². The van der Waals surface area contributed by atoms with Crippen molar-refractivity contribution in [2.24, 2.45) is 0 Å². The highest BCUT2D eigenvalue weighted by molar-refractivity contribution is 6.37. The molecule has 9 heteroatoms. The van der Waals surface area contributed by atoms with Gasteiger partial charge >= 0.3 is 0 Å². The molecule has 2 heterocycles. The van der Waals surface area contributed by atoms with Crippen LogP contribution in [0.3, 0.4) is 0 Å². The number of aromatic nitrogens is 2. The molecule has 1 fully saturated rings. The van der Waals surface area contributed by atoms with E-state index in [1.165, 1.54) is 12.8 Å². The number of ether oxygens (including phenoxy) is 1. The van der Waals surface area contributed by atoms with Crippen LogP contribution in [0.15, 0.2) is 48.5 Å². The number of hydrogen-bond acceptors (Lipinski definition) is 5. The fourth-order valence-electron chi connectivity index (χ4n) is 3.35. The number of amides is 1. The summed E-state index contributed by atoms with van der Waals surface area (Å²) in [5.74, 6) is -0.0628. The molecule has 0 saturated carbocycles. The Labute approximate surface area is 188 Å². The van der Waals surface area contributed by atoms with Crippen molar-refractivity contribution in [3.63, 3.8) is 0 Å². The second-order valence-electron chi connectivity index (χ2n) is 7.09. The first-order chi connectivity index (χ1) is 15.0. The van der Waals surface area contributed by atoms with Gasteiger partial charge < -0.3 is 15.0 Å². The van der Waals surface area contributed by atoms with E-state index in [1.807, 2.05) is 24.3 Å². The van der Waals surface area contributed by atoms with Gasteiger partial charge in [0.15, 0.2) is 18.2 Å². The van der Waals surface area contributed by atoms with Crippen LogP contribution in [-0.2, 0) is 4.79 Å². The first-order valence-electron chi connectivity index (χ1n) is 9.76. The molecule has 160 valence electrons. The molecule has 0 atom stereocenters. The van der Waals surface area contributed by atoms with E-state index in [0.29, 0.717) is 11.4 Å². The minimum absolute atomic E-state index is 0.00394. The number of halogens is 3. The van der Waals surface area contributed by atoms with Crippen molar-refractivity contribution in [3.8, 4) is 17.0 Å². The maximum absolute atomic E-state index is 13.3. The average molecular weight is 461 g/mol. The van der Waals surface area contributed by atoms with Gasteiger partial charge in [0.1, 0.15) is 5.82 Å². The van der Waals surface area contributed by atoms with E-state index >= 15 is 0 Å². The smallest absolute Gasteiger partial charge is 0.262 e. The van der Waals surface area contributed by atoms with Gasteiger partial charge in [-0.25, -0.2) is 4.39 Å². The van der Waals surface area contributed by atoms with E-state index in [2.05, 4.69) is 20.4 Å². The maximum Gasteiger partial charge on any atom is 0.262 e. The molecule has 1 aliphatic heterocycles. The van der Waals surface area contributed by atoms with Gasteiger partial charge in [-0.3, -0.25) is 4.79 Å². The molecule has 2 aromatic carbocycles. The van der Waals surface area contributed by atoms with Gasteiger partial charge in [-0.15, -0.1) is 10.2 Å². The molecule has 31 heavy (non-hydrogen) atoms. The molecular weight excluding hydrogens is 442 g/mol. The highest BCUT2D eigenvalue weighted by Gasteiger charge is 2.15. The summed E-state index contributed by atoms with van der Waals surface area (Å²) in [6.07, 6.45) is 2.35. The molecule has 0 aliphatic carbocycles. The summed E-state index contributed by atoms with van der Waals surface area (Å²) in [4.78, 5) is 14.5.